The lowest BCUT2D eigenvalue weighted by atomic mass is 10.1. The molecule has 2 rings (SSSR count). The SMILES string of the molecule is Cc1cc(C(=O)CN2CCN(C)CC2)ccc1N(C)C. The number of rotatable bonds is 4. The highest BCUT2D eigenvalue weighted by Crippen LogP contribution is 2.19. The van der Waals surface area contributed by atoms with Gasteiger partial charge < -0.3 is 9.80 Å². The summed E-state index contributed by atoms with van der Waals surface area (Å²) in [6.45, 7) is 6.66. The third-order valence-electron chi connectivity index (χ3n) is 3.96. The van der Waals surface area contributed by atoms with E-state index < -0.39 is 0 Å². The number of hydrogen-bond acceptors (Lipinski definition) is 4. The van der Waals surface area contributed by atoms with Crippen LogP contribution in [0.4, 0.5) is 5.69 Å². The number of benzene rings is 1. The van der Waals surface area contributed by atoms with Crippen molar-refractivity contribution in [2.24, 2.45) is 0 Å². The van der Waals surface area contributed by atoms with Crippen molar-refractivity contribution in [3.8, 4) is 0 Å². The summed E-state index contributed by atoms with van der Waals surface area (Å²) in [5, 5.41) is 0. The number of aryl methyl sites for hydroxylation is 1. The van der Waals surface area contributed by atoms with Gasteiger partial charge in [0.2, 0.25) is 0 Å². The largest absolute Gasteiger partial charge is 0.377 e. The van der Waals surface area contributed by atoms with E-state index in [4.69, 9.17) is 0 Å². The zero-order valence-corrected chi connectivity index (χ0v) is 13.0. The Labute approximate surface area is 122 Å². The molecule has 0 N–H and O–H groups in total. The molecule has 0 amide bonds. The van der Waals surface area contributed by atoms with E-state index >= 15 is 0 Å². The first-order valence-electron chi connectivity index (χ1n) is 7.19. The van der Waals surface area contributed by atoms with Crippen LogP contribution in [0.5, 0.6) is 0 Å². The Balaban J connectivity index is 2.01. The van der Waals surface area contributed by atoms with Gasteiger partial charge in [-0.2, -0.15) is 0 Å². The zero-order chi connectivity index (χ0) is 14.7. The topological polar surface area (TPSA) is 26.8 Å². The van der Waals surface area contributed by atoms with Gasteiger partial charge in [0, 0.05) is 51.5 Å². The minimum atomic E-state index is 0.225. The Hall–Kier alpha value is -1.39. The number of carbonyl (C=O) groups is 1. The molecule has 0 aromatic heterocycles. The molecule has 1 aromatic rings. The standard InChI is InChI=1S/C16H25N3O/c1-13-11-14(5-6-15(13)17(2)3)16(20)12-19-9-7-18(4)8-10-19/h5-6,11H,7-10,12H2,1-4H3. The Kier molecular flexibility index (Phi) is 4.78. The number of nitrogens with zero attached hydrogens (tertiary/aromatic N) is 3. The molecule has 1 fully saturated rings. The number of anilines is 1. The Morgan fingerprint density at radius 3 is 2.40 bits per heavy atom. The molecule has 20 heavy (non-hydrogen) atoms. The average molecular weight is 275 g/mol. The fourth-order valence-corrected chi connectivity index (χ4v) is 2.63. The molecule has 1 aliphatic heterocycles. The summed E-state index contributed by atoms with van der Waals surface area (Å²) in [7, 11) is 6.17. The van der Waals surface area contributed by atoms with E-state index in [9.17, 15) is 4.79 Å². The summed E-state index contributed by atoms with van der Waals surface area (Å²) < 4.78 is 0. The van der Waals surface area contributed by atoms with Gasteiger partial charge in [0.15, 0.2) is 5.78 Å². The maximum absolute atomic E-state index is 12.4. The molecule has 110 valence electrons. The highest BCUT2D eigenvalue weighted by Gasteiger charge is 2.17. The van der Waals surface area contributed by atoms with Crippen LogP contribution in [0.1, 0.15) is 15.9 Å². The van der Waals surface area contributed by atoms with Crippen molar-refractivity contribution < 1.29 is 4.79 Å². The number of likely N-dealkylation sites (N-methyl/N-ethyl adjacent to an activating group) is 1. The van der Waals surface area contributed by atoms with Crippen LogP contribution >= 0.6 is 0 Å². The first kappa shape index (κ1) is 15.0. The molecule has 0 aliphatic carbocycles. The summed E-state index contributed by atoms with van der Waals surface area (Å²) in [6, 6.07) is 5.99. The van der Waals surface area contributed by atoms with E-state index in [1.807, 2.05) is 32.3 Å². The Morgan fingerprint density at radius 2 is 1.85 bits per heavy atom. The van der Waals surface area contributed by atoms with Crippen LogP contribution in [0.25, 0.3) is 0 Å². The molecule has 0 radical (unpaired) electrons. The zero-order valence-electron chi connectivity index (χ0n) is 13.0. The van der Waals surface area contributed by atoms with Crippen LogP contribution in [0.15, 0.2) is 18.2 Å². The Morgan fingerprint density at radius 1 is 1.20 bits per heavy atom. The summed E-state index contributed by atoms with van der Waals surface area (Å²) in [4.78, 5) is 19.0. The smallest absolute Gasteiger partial charge is 0.176 e. The molecular formula is C16H25N3O. The number of piperazine rings is 1. The molecule has 0 atom stereocenters. The third-order valence-corrected chi connectivity index (χ3v) is 3.96. The number of hydrogen-bond donors (Lipinski definition) is 0. The van der Waals surface area contributed by atoms with Crippen LogP contribution in [0.3, 0.4) is 0 Å². The second-order valence-corrected chi connectivity index (χ2v) is 5.90. The van der Waals surface area contributed by atoms with Crippen LogP contribution in [-0.4, -0.2) is 69.4 Å². The monoisotopic (exact) mass is 275 g/mol. The minimum absolute atomic E-state index is 0.225. The van der Waals surface area contributed by atoms with E-state index in [0.29, 0.717) is 6.54 Å². The van der Waals surface area contributed by atoms with E-state index in [0.717, 1.165) is 37.3 Å². The molecule has 0 saturated carbocycles. The lowest BCUT2D eigenvalue weighted by molar-refractivity contribution is 0.0876. The van der Waals surface area contributed by atoms with Crippen LogP contribution in [0.2, 0.25) is 0 Å². The third kappa shape index (κ3) is 3.58. The average Bonchev–Trinajstić information content (AvgIpc) is 2.40. The lowest BCUT2D eigenvalue weighted by Gasteiger charge is -2.31. The van der Waals surface area contributed by atoms with Crippen LogP contribution in [0, 0.1) is 6.92 Å². The molecule has 1 saturated heterocycles. The second-order valence-electron chi connectivity index (χ2n) is 5.90. The van der Waals surface area contributed by atoms with E-state index in [1.165, 1.54) is 5.69 Å². The van der Waals surface area contributed by atoms with Crippen molar-refractivity contribution in [1.29, 1.82) is 0 Å². The quantitative estimate of drug-likeness (QED) is 0.778. The highest BCUT2D eigenvalue weighted by molar-refractivity contribution is 5.98. The maximum Gasteiger partial charge on any atom is 0.176 e. The normalized spacial score (nSPS) is 17.2. The van der Waals surface area contributed by atoms with E-state index in [1.54, 1.807) is 0 Å². The van der Waals surface area contributed by atoms with E-state index in [-0.39, 0.29) is 5.78 Å². The van der Waals surface area contributed by atoms with Crippen molar-refractivity contribution in [1.82, 2.24) is 9.80 Å². The fraction of sp³-hybridized carbons (Fsp3) is 0.562. The lowest BCUT2D eigenvalue weighted by Crippen LogP contribution is -2.46. The van der Waals surface area contributed by atoms with Gasteiger partial charge >= 0.3 is 0 Å². The molecule has 0 unspecified atom stereocenters. The van der Waals surface area contributed by atoms with Crippen molar-refractivity contribution >= 4 is 11.5 Å². The van der Waals surface area contributed by atoms with Crippen LogP contribution in [-0.2, 0) is 0 Å². The maximum atomic E-state index is 12.4. The van der Waals surface area contributed by atoms with Gasteiger partial charge in [-0.15, -0.1) is 0 Å². The molecular weight excluding hydrogens is 250 g/mol. The molecule has 1 heterocycles. The fourth-order valence-electron chi connectivity index (χ4n) is 2.63. The van der Waals surface area contributed by atoms with Gasteiger partial charge in [-0.1, -0.05) is 0 Å². The van der Waals surface area contributed by atoms with Gasteiger partial charge in [-0.25, -0.2) is 0 Å². The molecule has 1 aromatic carbocycles. The predicted molar refractivity (Wildman–Crippen MR) is 83.8 cm³/mol. The summed E-state index contributed by atoms with van der Waals surface area (Å²) in [5.41, 5.74) is 3.15. The summed E-state index contributed by atoms with van der Waals surface area (Å²) in [5.74, 6) is 0.225. The predicted octanol–water partition coefficient (Wildman–Crippen LogP) is 1.49. The first-order valence-corrected chi connectivity index (χ1v) is 7.19. The first-order chi connectivity index (χ1) is 9.47. The number of ketones is 1. The van der Waals surface area contributed by atoms with Crippen molar-refractivity contribution in [2.75, 3.05) is 58.8 Å². The minimum Gasteiger partial charge on any atom is -0.377 e. The summed E-state index contributed by atoms with van der Waals surface area (Å²) in [6.07, 6.45) is 0. The molecule has 0 bridgehead atoms. The van der Waals surface area contributed by atoms with Crippen molar-refractivity contribution in [3.63, 3.8) is 0 Å². The van der Waals surface area contributed by atoms with Gasteiger partial charge in [-0.3, -0.25) is 9.69 Å². The molecule has 4 heteroatoms. The van der Waals surface area contributed by atoms with Crippen LogP contribution < -0.4 is 4.90 Å². The van der Waals surface area contributed by atoms with Gasteiger partial charge in [0.1, 0.15) is 0 Å². The van der Waals surface area contributed by atoms with E-state index in [2.05, 4.69) is 28.7 Å². The number of Topliss-reactive ketones (excluding diaryl/α,β-unsaturated/α-hetero) is 1. The molecule has 0 spiro atoms. The Bertz CT molecular complexity index is 477. The summed E-state index contributed by atoms with van der Waals surface area (Å²) >= 11 is 0. The number of carbonyl (C=O) groups excluding carboxylic acids is 1. The van der Waals surface area contributed by atoms with Gasteiger partial charge in [-0.05, 0) is 37.7 Å². The van der Waals surface area contributed by atoms with Crippen molar-refractivity contribution in [2.45, 2.75) is 6.92 Å². The second kappa shape index (κ2) is 6.37. The van der Waals surface area contributed by atoms with Gasteiger partial charge in [0.25, 0.3) is 0 Å². The highest BCUT2D eigenvalue weighted by atomic mass is 16.1. The molecule has 4 nitrogen and oxygen atoms in total. The van der Waals surface area contributed by atoms with Gasteiger partial charge in [0.05, 0.1) is 6.54 Å². The van der Waals surface area contributed by atoms with Crippen molar-refractivity contribution in [3.05, 3.63) is 29.3 Å². The molecule has 1 aliphatic rings.